The SMILES string of the molecule is CC(C)CC1CSC(Nc2ccc(N(C)C)cc2)=N1. The number of thioether (sulfide) groups is 1. The van der Waals surface area contributed by atoms with E-state index in [1.54, 1.807) is 0 Å². The van der Waals surface area contributed by atoms with Gasteiger partial charge in [-0.2, -0.15) is 0 Å². The Balaban J connectivity index is 1.94. The minimum Gasteiger partial charge on any atom is -0.378 e. The molecule has 0 fully saturated rings. The lowest BCUT2D eigenvalue weighted by Crippen LogP contribution is -2.09. The van der Waals surface area contributed by atoms with E-state index in [1.807, 2.05) is 11.8 Å². The van der Waals surface area contributed by atoms with Crippen molar-refractivity contribution in [3.05, 3.63) is 24.3 Å². The molecule has 3 nitrogen and oxygen atoms in total. The van der Waals surface area contributed by atoms with Crippen LogP contribution < -0.4 is 10.2 Å². The van der Waals surface area contributed by atoms with Crippen LogP contribution in [0.2, 0.25) is 0 Å². The lowest BCUT2D eigenvalue weighted by atomic mass is 10.1. The molecule has 2 rings (SSSR count). The van der Waals surface area contributed by atoms with E-state index in [1.165, 1.54) is 12.1 Å². The highest BCUT2D eigenvalue weighted by molar-refractivity contribution is 8.14. The number of rotatable bonds is 4. The second-order valence-electron chi connectivity index (χ2n) is 5.59. The van der Waals surface area contributed by atoms with Gasteiger partial charge >= 0.3 is 0 Å². The molecule has 1 aliphatic heterocycles. The van der Waals surface area contributed by atoms with Crippen LogP contribution in [0.25, 0.3) is 0 Å². The van der Waals surface area contributed by atoms with Gasteiger partial charge in [0, 0.05) is 31.2 Å². The maximum absolute atomic E-state index is 4.74. The highest BCUT2D eigenvalue weighted by atomic mass is 32.2. The number of nitrogens with zero attached hydrogens (tertiary/aromatic N) is 2. The van der Waals surface area contributed by atoms with E-state index >= 15 is 0 Å². The van der Waals surface area contributed by atoms with E-state index in [4.69, 9.17) is 4.99 Å². The van der Waals surface area contributed by atoms with E-state index in [2.05, 4.69) is 62.4 Å². The molecule has 1 aromatic rings. The third-order valence-electron chi connectivity index (χ3n) is 3.09. The lowest BCUT2D eigenvalue weighted by Gasteiger charge is -2.13. The molecule has 19 heavy (non-hydrogen) atoms. The second kappa shape index (κ2) is 6.33. The van der Waals surface area contributed by atoms with Crippen molar-refractivity contribution >= 4 is 28.3 Å². The van der Waals surface area contributed by atoms with Crippen LogP contribution in [0.15, 0.2) is 29.3 Å². The maximum Gasteiger partial charge on any atom is 0.161 e. The second-order valence-corrected chi connectivity index (χ2v) is 6.60. The molecule has 1 aliphatic rings. The van der Waals surface area contributed by atoms with E-state index in [0.29, 0.717) is 12.0 Å². The number of anilines is 2. The first-order valence-corrected chi connectivity index (χ1v) is 7.78. The molecule has 1 atom stereocenters. The van der Waals surface area contributed by atoms with Crippen LogP contribution >= 0.6 is 11.8 Å². The predicted octanol–water partition coefficient (Wildman–Crippen LogP) is 3.68. The molecule has 104 valence electrons. The third kappa shape index (κ3) is 4.16. The summed E-state index contributed by atoms with van der Waals surface area (Å²) in [7, 11) is 4.10. The summed E-state index contributed by atoms with van der Waals surface area (Å²) in [6.45, 7) is 4.51. The highest BCUT2D eigenvalue weighted by Gasteiger charge is 2.19. The molecule has 1 heterocycles. The molecular weight excluding hydrogens is 254 g/mol. The van der Waals surface area contributed by atoms with Crippen LogP contribution in [0, 0.1) is 5.92 Å². The zero-order chi connectivity index (χ0) is 13.8. The number of hydrogen-bond acceptors (Lipinski definition) is 4. The fraction of sp³-hybridized carbons (Fsp3) is 0.533. The molecule has 0 bridgehead atoms. The zero-order valence-corrected chi connectivity index (χ0v) is 13.0. The first kappa shape index (κ1) is 14.3. The largest absolute Gasteiger partial charge is 0.378 e. The third-order valence-corrected chi connectivity index (χ3v) is 4.12. The van der Waals surface area contributed by atoms with Crippen molar-refractivity contribution in [1.82, 2.24) is 0 Å². The molecule has 4 heteroatoms. The van der Waals surface area contributed by atoms with Crippen LogP contribution in [-0.4, -0.2) is 31.1 Å². The Morgan fingerprint density at radius 1 is 1.32 bits per heavy atom. The van der Waals surface area contributed by atoms with Crippen molar-refractivity contribution in [1.29, 1.82) is 0 Å². The van der Waals surface area contributed by atoms with Crippen molar-refractivity contribution < 1.29 is 0 Å². The zero-order valence-electron chi connectivity index (χ0n) is 12.2. The Morgan fingerprint density at radius 2 is 2.00 bits per heavy atom. The molecule has 0 aromatic heterocycles. The van der Waals surface area contributed by atoms with Crippen molar-refractivity contribution in [2.45, 2.75) is 26.3 Å². The van der Waals surface area contributed by atoms with Gasteiger partial charge in [-0.3, -0.25) is 4.99 Å². The molecule has 1 N–H and O–H groups in total. The number of nitrogens with one attached hydrogen (secondary N) is 1. The molecule has 0 aliphatic carbocycles. The summed E-state index contributed by atoms with van der Waals surface area (Å²) in [4.78, 5) is 6.84. The van der Waals surface area contributed by atoms with E-state index < -0.39 is 0 Å². The van der Waals surface area contributed by atoms with Gasteiger partial charge < -0.3 is 10.2 Å². The van der Waals surface area contributed by atoms with Gasteiger partial charge in [0.15, 0.2) is 5.17 Å². The van der Waals surface area contributed by atoms with Gasteiger partial charge in [-0.25, -0.2) is 0 Å². The van der Waals surface area contributed by atoms with Crippen molar-refractivity contribution in [3.8, 4) is 0 Å². The van der Waals surface area contributed by atoms with Crippen LogP contribution in [0.3, 0.4) is 0 Å². The monoisotopic (exact) mass is 277 g/mol. The number of hydrogen-bond donors (Lipinski definition) is 1. The van der Waals surface area contributed by atoms with Gasteiger partial charge in [0.05, 0.1) is 6.04 Å². The topological polar surface area (TPSA) is 27.6 Å². The Bertz CT molecular complexity index is 437. The van der Waals surface area contributed by atoms with E-state index in [9.17, 15) is 0 Å². The van der Waals surface area contributed by atoms with Crippen LogP contribution in [0.4, 0.5) is 11.4 Å². The summed E-state index contributed by atoms with van der Waals surface area (Å²) < 4.78 is 0. The van der Waals surface area contributed by atoms with E-state index in [0.717, 1.165) is 16.6 Å². The molecule has 0 spiro atoms. The van der Waals surface area contributed by atoms with Gasteiger partial charge in [0.1, 0.15) is 0 Å². The molecule has 1 unspecified atom stereocenters. The standard InChI is InChI=1S/C15H23N3S/c1-11(2)9-13-10-19-15(17-13)16-12-5-7-14(8-6-12)18(3)4/h5-8,11,13H,9-10H2,1-4H3,(H,16,17). The van der Waals surface area contributed by atoms with Gasteiger partial charge in [-0.05, 0) is 36.6 Å². The van der Waals surface area contributed by atoms with E-state index in [-0.39, 0.29) is 0 Å². The normalized spacial score (nSPS) is 18.6. The molecule has 0 radical (unpaired) electrons. The molecule has 1 aromatic carbocycles. The average molecular weight is 277 g/mol. The molecule has 0 saturated carbocycles. The van der Waals surface area contributed by atoms with Gasteiger partial charge in [0.2, 0.25) is 0 Å². The van der Waals surface area contributed by atoms with Gasteiger partial charge in [-0.1, -0.05) is 25.6 Å². The summed E-state index contributed by atoms with van der Waals surface area (Å²) in [6.07, 6.45) is 1.18. The fourth-order valence-electron chi connectivity index (χ4n) is 2.12. The summed E-state index contributed by atoms with van der Waals surface area (Å²) in [5.74, 6) is 1.82. The minimum absolute atomic E-state index is 0.480. The lowest BCUT2D eigenvalue weighted by molar-refractivity contribution is 0.529. The first-order chi connectivity index (χ1) is 9.04. The van der Waals surface area contributed by atoms with Gasteiger partial charge in [-0.15, -0.1) is 0 Å². The Labute approximate surface area is 120 Å². The Hall–Kier alpha value is -1.16. The first-order valence-electron chi connectivity index (χ1n) is 6.79. The quantitative estimate of drug-likeness (QED) is 0.909. The number of benzene rings is 1. The van der Waals surface area contributed by atoms with Crippen molar-refractivity contribution in [2.75, 3.05) is 30.1 Å². The molecular formula is C15H23N3S. The van der Waals surface area contributed by atoms with Crippen molar-refractivity contribution in [2.24, 2.45) is 10.9 Å². The molecule has 0 saturated heterocycles. The number of aliphatic imine (C=N–C) groups is 1. The highest BCUT2D eigenvalue weighted by Crippen LogP contribution is 2.24. The fourth-order valence-corrected chi connectivity index (χ4v) is 3.09. The van der Waals surface area contributed by atoms with Gasteiger partial charge in [0.25, 0.3) is 0 Å². The summed E-state index contributed by atoms with van der Waals surface area (Å²) in [6, 6.07) is 8.93. The molecule has 0 amide bonds. The minimum atomic E-state index is 0.480. The summed E-state index contributed by atoms with van der Waals surface area (Å²) >= 11 is 1.83. The number of amidine groups is 1. The predicted molar refractivity (Wildman–Crippen MR) is 87.5 cm³/mol. The van der Waals surface area contributed by atoms with Crippen molar-refractivity contribution in [3.63, 3.8) is 0 Å². The Morgan fingerprint density at radius 3 is 2.58 bits per heavy atom. The summed E-state index contributed by atoms with van der Waals surface area (Å²) in [5, 5.41) is 4.46. The smallest absolute Gasteiger partial charge is 0.161 e. The van der Waals surface area contributed by atoms with Crippen LogP contribution in [0.1, 0.15) is 20.3 Å². The Kier molecular flexibility index (Phi) is 4.75. The summed E-state index contributed by atoms with van der Waals surface area (Å²) in [5.41, 5.74) is 2.33. The maximum atomic E-state index is 4.74. The average Bonchev–Trinajstić information content (AvgIpc) is 2.76. The van der Waals surface area contributed by atoms with Crippen LogP contribution in [-0.2, 0) is 0 Å². The van der Waals surface area contributed by atoms with Crippen LogP contribution in [0.5, 0.6) is 0 Å².